The Bertz CT molecular complexity index is 950. The maximum atomic E-state index is 13.2. The third kappa shape index (κ3) is 43.0. The van der Waals surface area contributed by atoms with Gasteiger partial charge in [0.15, 0.2) is 0 Å². The van der Waals surface area contributed by atoms with Crippen LogP contribution in [-0.4, -0.2) is 46.9 Å². The van der Waals surface area contributed by atoms with Crippen molar-refractivity contribution in [3.8, 4) is 0 Å². The first-order valence-electron chi connectivity index (χ1n) is 26.6. The molecule has 3 atom stereocenters. The highest BCUT2D eigenvalue weighted by Crippen LogP contribution is 2.18. The van der Waals surface area contributed by atoms with Crippen LogP contribution in [0.3, 0.4) is 0 Å². The SMILES string of the molecule is CCCCCCCCC/C=C/C=C/CCCCCC(=O)OC(CCCCCCCCCCCCCCCC)CC(=O)NC(CO)C(O)CCCCCCCCCCCCC. The van der Waals surface area contributed by atoms with E-state index in [1.54, 1.807) is 0 Å². The molecule has 3 unspecified atom stereocenters. The van der Waals surface area contributed by atoms with Crippen LogP contribution in [0.1, 0.15) is 284 Å². The number of amides is 1. The smallest absolute Gasteiger partial charge is 0.306 e. The Morgan fingerprint density at radius 3 is 1.23 bits per heavy atom. The second-order valence-electron chi connectivity index (χ2n) is 18.3. The Morgan fingerprint density at radius 2 is 0.833 bits per heavy atom. The number of allylic oxidation sites excluding steroid dienone is 4. The van der Waals surface area contributed by atoms with Gasteiger partial charge in [0, 0.05) is 6.42 Å². The summed E-state index contributed by atoms with van der Waals surface area (Å²) in [5, 5.41) is 23.7. The van der Waals surface area contributed by atoms with E-state index in [0.29, 0.717) is 19.3 Å². The first-order chi connectivity index (χ1) is 29.5. The predicted molar refractivity (Wildman–Crippen MR) is 260 cm³/mol. The summed E-state index contributed by atoms with van der Waals surface area (Å²) in [6, 6.07) is -0.701. The minimum Gasteiger partial charge on any atom is -0.462 e. The van der Waals surface area contributed by atoms with Crippen LogP contribution in [0.4, 0.5) is 0 Å². The van der Waals surface area contributed by atoms with Gasteiger partial charge in [0.05, 0.1) is 25.2 Å². The van der Waals surface area contributed by atoms with Gasteiger partial charge in [0.1, 0.15) is 6.10 Å². The largest absolute Gasteiger partial charge is 0.462 e. The second kappa shape index (κ2) is 48.4. The number of carbonyl (C=O) groups excluding carboxylic acids is 2. The number of rotatable bonds is 48. The summed E-state index contributed by atoms with van der Waals surface area (Å²) in [6.07, 6.45) is 55.2. The minimum absolute atomic E-state index is 0.0725. The van der Waals surface area contributed by atoms with E-state index in [2.05, 4.69) is 50.4 Å². The van der Waals surface area contributed by atoms with Gasteiger partial charge in [-0.3, -0.25) is 9.59 Å². The third-order valence-electron chi connectivity index (χ3n) is 12.3. The number of hydrogen-bond acceptors (Lipinski definition) is 5. The number of unbranched alkanes of at least 4 members (excludes halogenated alkanes) is 33. The van der Waals surface area contributed by atoms with Crippen LogP contribution in [0.15, 0.2) is 24.3 Å². The van der Waals surface area contributed by atoms with Crippen LogP contribution >= 0.6 is 0 Å². The fraction of sp³-hybridized carbons (Fsp3) is 0.889. The molecule has 0 aromatic rings. The average Bonchev–Trinajstić information content (AvgIpc) is 3.24. The van der Waals surface area contributed by atoms with Crippen molar-refractivity contribution < 1.29 is 24.5 Å². The molecule has 60 heavy (non-hydrogen) atoms. The quantitative estimate of drug-likeness (QED) is 0.0322. The van der Waals surface area contributed by atoms with Crippen LogP contribution in [0.2, 0.25) is 0 Å². The van der Waals surface area contributed by atoms with E-state index >= 15 is 0 Å². The lowest BCUT2D eigenvalue weighted by molar-refractivity contribution is -0.151. The van der Waals surface area contributed by atoms with Gasteiger partial charge in [-0.2, -0.15) is 0 Å². The summed E-state index contributed by atoms with van der Waals surface area (Å²) in [4.78, 5) is 26.1. The summed E-state index contributed by atoms with van der Waals surface area (Å²) in [5.41, 5.74) is 0. The van der Waals surface area contributed by atoms with Gasteiger partial charge in [-0.25, -0.2) is 0 Å². The molecule has 0 rings (SSSR count). The number of carbonyl (C=O) groups is 2. The van der Waals surface area contributed by atoms with Crippen LogP contribution < -0.4 is 5.32 Å². The van der Waals surface area contributed by atoms with Gasteiger partial charge in [0.25, 0.3) is 0 Å². The Balaban J connectivity index is 4.59. The van der Waals surface area contributed by atoms with Crippen LogP contribution in [-0.2, 0) is 14.3 Å². The fourth-order valence-corrected chi connectivity index (χ4v) is 8.25. The van der Waals surface area contributed by atoms with Crippen molar-refractivity contribution in [2.45, 2.75) is 302 Å². The number of nitrogens with one attached hydrogen (secondary N) is 1. The van der Waals surface area contributed by atoms with E-state index in [1.165, 1.54) is 173 Å². The van der Waals surface area contributed by atoms with Crippen LogP contribution in [0, 0.1) is 0 Å². The highest BCUT2D eigenvalue weighted by Gasteiger charge is 2.24. The van der Waals surface area contributed by atoms with Crippen molar-refractivity contribution in [3.63, 3.8) is 0 Å². The zero-order valence-corrected chi connectivity index (χ0v) is 40.4. The molecule has 0 aromatic carbocycles. The topological polar surface area (TPSA) is 95.9 Å². The molecular weight excluding hydrogens is 743 g/mol. The molecule has 3 N–H and O–H groups in total. The van der Waals surface area contributed by atoms with Gasteiger partial charge >= 0.3 is 5.97 Å². The molecule has 0 aliphatic rings. The molecular formula is C54H103NO5. The van der Waals surface area contributed by atoms with E-state index in [0.717, 1.165) is 64.2 Å². The standard InChI is InChI=1S/C54H103NO5/c1-4-7-10-13-16-19-22-24-26-27-29-32-35-38-41-44-47-54(59)60-50(45-42-39-36-33-31-28-25-23-20-17-14-11-8-5-2)48-53(58)55-51(49-56)52(57)46-43-40-37-34-30-21-18-15-12-9-6-3/h26-27,29,32,50-52,56-57H,4-25,28,30-31,33-49H2,1-3H3,(H,55,58)/b27-26+,32-29+. The molecule has 0 fully saturated rings. The molecule has 1 amide bonds. The van der Waals surface area contributed by atoms with E-state index in [4.69, 9.17) is 4.74 Å². The summed E-state index contributed by atoms with van der Waals surface area (Å²) in [6.45, 7) is 6.49. The van der Waals surface area contributed by atoms with Gasteiger partial charge in [-0.05, 0) is 51.4 Å². The first-order valence-corrected chi connectivity index (χ1v) is 26.6. The normalized spacial score (nSPS) is 13.3. The molecule has 354 valence electrons. The molecule has 0 heterocycles. The maximum absolute atomic E-state index is 13.2. The number of aliphatic hydroxyl groups excluding tert-OH is 2. The monoisotopic (exact) mass is 846 g/mol. The molecule has 0 saturated heterocycles. The predicted octanol–water partition coefficient (Wildman–Crippen LogP) is 15.9. The lowest BCUT2D eigenvalue weighted by Gasteiger charge is -2.24. The van der Waals surface area contributed by atoms with Crippen molar-refractivity contribution in [1.29, 1.82) is 0 Å². The van der Waals surface area contributed by atoms with Gasteiger partial charge in [-0.15, -0.1) is 0 Å². The Morgan fingerprint density at radius 1 is 0.483 bits per heavy atom. The van der Waals surface area contributed by atoms with E-state index in [1.807, 2.05) is 0 Å². The lowest BCUT2D eigenvalue weighted by atomic mass is 10.0. The van der Waals surface area contributed by atoms with Crippen molar-refractivity contribution in [3.05, 3.63) is 24.3 Å². The van der Waals surface area contributed by atoms with E-state index in [-0.39, 0.29) is 24.9 Å². The molecule has 0 aromatic heterocycles. The summed E-state index contributed by atoms with van der Waals surface area (Å²) in [7, 11) is 0. The van der Waals surface area contributed by atoms with Crippen LogP contribution in [0.25, 0.3) is 0 Å². The average molecular weight is 846 g/mol. The molecule has 0 bridgehead atoms. The van der Waals surface area contributed by atoms with Crippen molar-refractivity contribution in [1.82, 2.24) is 5.32 Å². The number of hydrogen-bond donors (Lipinski definition) is 3. The minimum atomic E-state index is -0.787. The highest BCUT2D eigenvalue weighted by molar-refractivity contribution is 5.77. The molecule has 0 spiro atoms. The molecule has 0 aliphatic carbocycles. The molecule has 6 heteroatoms. The molecule has 0 aliphatic heterocycles. The Hall–Kier alpha value is -1.66. The number of ether oxygens (including phenoxy) is 1. The number of aliphatic hydroxyl groups is 2. The van der Waals surface area contributed by atoms with Gasteiger partial charge < -0.3 is 20.3 Å². The van der Waals surface area contributed by atoms with Crippen molar-refractivity contribution >= 4 is 11.9 Å². The van der Waals surface area contributed by atoms with Crippen LogP contribution in [0.5, 0.6) is 0 Å². The Kier molecular flexibility index (Phi) is 47.0. The zero-order valence-electron chi connectivity index (χ0n) is 40.4. The first kappa shape index (κ1) is 58.3. The molecule has 0 radical (unpaired) electrons. The maximum Gasteiger partial charge on any atom is 0.306 e. The zero-order chi connectivity index (χ0) is 43.8. The molecule has 0 saturated carbocycles. The third-order valence-corrected chi connectivity index (χ3v) is 12.3. The summed E-state index contributed by atoms with van der Waals surface area (Å²) in [5.74, 6) is -0.490. The van der Waals surface area contributed by atoms with E-state index < -0.39 is 18.2 Å². The number of esters is 1. The second-order valence-corrected chi connectivity index (χ2v) is 18.3. The Labute approximate surface area is 373 Å². The van der Waals surface area contributed by atoms with E-state index in [9.17, 15) is 19.8 Å². The van der Waals surface area contributed by atoms with Crippen molar-refractivity contribution in [2.24, 2.45) is 0 Å². The van der Waals surface area contributed by atoms with Gasteiger partial charge in [-0.1, -0.05) is 244 Å². The van der Waals surface area contributed by atoms with Crippen molar-refractivity contribution in [2.75, 3.05) is 6.61 Å². The lowest BCUT2D eigenvalue weighted by Crippen LogP contribution is -2.46. The summed E-state index contributed by atoms with van der Waals surface area (Å²) < 4.78 is 5.93. The van der Waals surface area contributed by atoms with Gasteiger partial charge in [0.2, 0.25) is 5.91 Å². The molecule has 6 nitrogen and oxygen atoms in total. The summed E-state index contributed by atoms with van der Waals surface area (Å²) >= 11 is 0. The highest BCUT2D eigenvalue weighted by atomic mass is 16.5. The fourth-order valence-electron chi connectivity index (χ4n) is 8.25.